The van der Waals surface area contributed by atoms with E-state index in [9.17, 15) is 0 Å². The Balaban J connectivity index is 1.96. The van der Waals surface area contributed by atoms with E-state index in [0.29, 0.717) is 0 Å². The molecule has 0 amide bonds. The fourth-order valence-corrected chi connectivity index (χ4v) is 2.26. The molecular weight excluding hydrogens is 236 g/mol. The number of imidazole rings is 1. The Morgan fingerprint density at radius 1 is 1.21 bits per heavy atom. The first-order chi connectivity index (χ1) is 9.26. The van der Waals surface area contributed by atoms with E-state index >= 15 is 0 Å². The molecule has 0 saturated carbocycles. The van der Waals surface area contributed by atoms with E-state index in [1.165, 1.54) is 11.1 Å². The standard InChI is InChI=1S/C16H16N2O/c1-12-6-7-18-14(8-12)11-17-16(18)10-13-4-3-5-15(9-13)19-2/h3-9,11H,10H2,1-2H3. The third kappa shape index (κ3) is 2.32. The minimum Gasteiger partial charge on any atom is -0.497 e. The lowest BCUT2D eigenvalue weighted by Crippen LogP contribution is -1.97. The predicted molar refractivity (Wildman–Crippen MR) is 75.7 cm³/mol. The first-order valence-corrected chi connectivity index (χ1v) is 6.32. The Bertz CT molecular complexity index is 716. The third-order valence-electron chi connectivity index (χ3n) is 3.26. The lowest BCUT2D eigenvalue weighted by Gasteiger charge is -2.05. The minimum absolute atomic E-state index is 0.800. The molecule has 0 atom stereocenters. The van der Waals surface area contributed by atoms with Gasteiger partial charge in [-0.1, -0.05) is 12.1 Å². The lowest BCUT2D eigenvalue weighted by molar-refractivity contribution is 0.414. The molecule has 96 valence electrons. The molecule has 0 saturated heterocycles. The van der Waals surface area contributed by atoms with Crippen LogP contribution in [-0.4, -0.2) is 16.5 Å². The molecule has 19 heavy (non-hydrogen) atoms. The molecule has 3 nitrogen and oxygen atoms in total. The van der Waals surface area contributed by atoms with Gasteiger partial charge in [0.15, 0.2) is 0 Å². The van der Waals surface area contributed by atoms with Crippen LogP contribution in [0.4, 0.5) is 0 Å². The van der Waals surface area contributed by atoms with E-state index in [4.69, 9.17) is 4.74 Å². The summed E-state index contributed by atoms with van der Waals surface area (Å²) < 4.78 is 7.38. The van der Waals surface area contributed by atoms with Gasteiger partial charge < -0.3 is 9.14 Å². The maximum atomic E-state index is 5.25. The van der Waals surface area contributed by atoms with Crippen LogP contribution in [0, 0.1) is 6.92 Å². The van der Waals surface area contributed by atoms with Crippen molar-refractivity contribution in [1.82, 2.24) is 9.38 Å². The molecule has 0 aliphatic carbocycles. The van der Waals surface area contributed by atoms with Gasteiger partial charge in [0.25, 0.3) is 0 Å². The van der Waals surface area contributed by atoms with Gasteiger partial charge >= 0.3 is 0 Å². The van der Waals surface area contributed by atoms with Gasteiger partial charge in [-0.05, 0) is 42.3 Å². The topological polar surface area (TPSA) is 26.5 Å². The van der Waals surface area contributed by atoms with Crippen LogP contribution in [0.2, 0.25) is 0 Å². The van der Waals surface area contributed by atoms with Crippen molar-refractivity contribution in [2.75, 3.05) is 7.11 Å². The Kier molecular flexibility index (Phi) is 2.95. The van der Waals surface area contributed by atoms with Crippen molar-refractivity contribution in [2.45, 2.75) is 13.3 Å². The van der Waals surface area contributed by atoms with Gasteiger partial charge in [-0.15, -0.1) is 0 Å². The summed E-state index contributed by atoms with van der Waals surface area (Å²) in [6, 6.07) is 12.4. The number of rotatable bonds is 3. The SMILES string of the molecule is COc1cccc(Cc2ncc3cc(C)ccn23)c1. The van der Waals surface area contributed by atoms with Crippen LogP contribution in [0.25, 0.3) is 5.52 Å². The molecular formula is C16H16N2O. The zero-order chi connectivity index (χ0) is 13.2. The average molecular weight is 252 g/mol. The molecule has 0 unspecified atom stereocenters. The van der Waals surface area contributed by atoms with Crippen LogP contribution in [0.3, 0.4) is 0 Å². The largest absolute Gasteiger partial charge is 0.497 e. The summed E-state index contributed by atoms with van der Waals surface area (Å²) in [5.74, 6) is 1.93. The van der Waals surface area contributed by atoms with Crippen LogP contribution in [-0.2, 0) is 6.42 Å². The monoisotopic (exact) mass is 252 g/mol. The lowest BCUT2D eigenvalue weighted by atomic mass is 10.1. The second-order valence-corrected chi connectivity index (χ2v) is 4.70. The van der Waals surface area contributed by atoms with Gasteiger partial charge in [-0.3, -0.25) is 0 Å². The number of hydrogen-bond donors (Lipinski definition) is 0. The van der Waals surface area contributed by atoms with Gasteiger partial charge in [0.1, 0.15) is 11.6 Å². The number of methoxy groups -OCH3 is 1. The summed E-state index contributed by atoms with van der Waals surface area (Å²) in [6.45, 7) is 2.09. The quantitative estimate of drug-likeness (QED) is 0.715. The maximum absolute atomic E-state index is 5.25. The highest BCUT2D eigenvalue weighted by Gasteiger charge is 2.05. The number of benzene rings is 1. The molecule has 0 N–H and O–H groups in total. The van der Waals surface area contributed by atoms with Crippen molar-refractivity contribution in [3.05, 3.63) is 65.7 Å². The highest BCUT2D eigenvalue weighted by atomic mass is 16.5. The molecule has 0 radical (unpaired) electrons. The molecule has 0 bridgehead atoms. The summed E-state index contributed by atoms with van der Waals surface area (Å²) >= 11 is 0. The zero-order valence-corrected chi connectivity index (χ0v) is 11.1. The Morgan fingerprint density at radius 3 is 2.95 bits per heavy atom. The summed E-state index contributed by atoms with van der Waals surface area (Å²) in [7, 11) is 1.69. The second-order valence-electron chi connectivity index (χ2n) is 4.70. The number of hydrogen-bond acceptors (Lipinski definition) is 2. The van der Waals surface area contributed by atoms with Gasteiger partial charge in [0.2, 0.25) is 0 Å². The predicted octanol–water partition coefficient (Wildman–Crippen LogP) is 3.24. The molecule has 2 heterocycles. The van der Waals surface area contributed by atoms with Crippen LogP contribution < -0.4 is 4.74 Å². The van der Waals surface area contributed by atoms with Crippen molar-refractivity contribution < 1.29 is 4.74 Å². The Morgan fingerprint density at radius 2 is 2.11 bits per heavy atom. The molecule has 3 rings (SSSR count). The normalized spacial score (nSPS) is 10.8. The fourth-order valence-electron chi connectivity index (χ4n) is 2.26. The Labute approximate surface area is 112 Å². The minimum atomic E-state index is 0.800. The van der Waals surface area contributed by atoms with Gasteiger partial charge in [-0.2, -0.15) is 0 Å². The summed E-state index contributed by atoms with van der Waals surface area (Å²) in [6.07, 6.45) is 4.80. The van der Waals surface area contributed by atoms with Crippen molar-refractivity contribution >= 4 is 5.52 Å². The molecule has 0 aliphatic heterocycles. The fraction of sp³-hybridized carbons (Fsp3) is 0.188. The van der Waals surface area contributed by atoms with Crippen LogP contribution >= 0.6 is 0 Å². The highest BCUT2D eigenvalue weighted by molar-refractivity contribution is 5.48. The number of aromatic nitrogens is 2. The van der Waals surface area contributed by atoms with E-state index in [1.54, 1.807) is 7.11 Å². The highest BCUT2D eigenvalue weighted by Crippen LogP contribution is 2.17. The van der Waals surface area contributed by atoms with E-state index < -0.39 is 0 Å². The number of ether oxygens (including phenoxy) is 1. The summed E-state index contributed by atoms with van der Waals surface area (Å²) in [5.41, 5.74) is 3.59. The number of fused-ring (bicyclic) bond motifs is 1. The van der Waals surface area contributed by atoms with Crippen molar-refractivity contribution in [3.63, 3.8) is 0 Å². The number of aryl methyl sites for hydroxylation is 1. The van der Waals surface area contributed by atoms with E-state index in [1.807, 2.05) is 18.3 Å². The number of nitrogens with zero attached hydrogens (tertiary/aromatic N) is 2. The van der Waals surface area contributed by atoms with Crippen LogP contribution in [0.5, 0.6) is 5.75 Å². The molecule has 0 aliphatic rings. The maximum Gasteiger partial charge on any atom is 0.119 e. The molecule has 3 heteroatoms. The average Bonchev–Trinajstić information content (AvgIpc) is 2.81. The first kappa shape index (κ1) is 11.8. The molecule has 0 fully saturated rings. The van der Waals surface area contributed by atoms with E-state index in [-0.39, 0.29) is 0 Å². The molecule has 0 spiro atoms. The van der Waals surface area contributed by atoms with Crippen molar-refractivity contribution in [2.24, 2.45) is 0 Å². The second kappa shape index (κ2) is 4.76. The van der Waals surface area contributed by atoms with E-state index in [0.717, 1.165) is 23.5 Å². The smallest absolute Gasteiger partial charge is 0.119 e. The molecule has 1 aromatic carbocycles. The molecule has 2 aromatic heterocycles. The summed E-state index contributed by atoms with van der Waals surface area (Å²) in [5, 5.41) is 0. The Hall–Kier alpha value is -2.29. The van der Waals surface area contributed by atoms with Gasteiger partial charge in [0, 0.05) is 12.6 Å². The molecule has 3 aromatic rings. The first-order valence-electron chi connectivity index (χ1n) is 6.32. The van der Waals surface area contributed by atoms with Crippen LogP contribution in [0.1, 0.15) is 17.0 Å². The van der Waals surface area contributed by atoms with Crippen molar-refractivity contribution in [3.8, 4) is 5.75 Å². The third-order valence-corrected chi connectivity index (χ3v) is 3.26. The zero-order valence-electron chi connectivity index (χ0n) is 11.1. The van der Waals surface area contributed by atoms with Gasteiger partial charge in [0.05, 0.1) is 18.8 Å². The van der Waals surface area contributed by atoms with E-state index in [2.05, 4.69) is 46.8 Å². The van der Waals surface area contributed by atoms with Crippen LogP contribution in [0.15, 0.2) is 48.8 Å². The van der Waals surface area contributed by atoms with Gasteiger partial charge in [-0.25, -0.2) is 4.98 Å². The number of pyridine rings is 1. The van der Waals surface area contributed by atoms with Crippen molar-refractivity contribution in [1.29, 1.82) is 0 Å². The summed E-state index contributed by atoms with van der Waals surface area (Å²) in [4.78, 5) is 4.51.